The van der Waals surface area contributed by atoms with Crippen LogP contribution in [0.5, 0.6) is 0 Å². The number of rotatable bonds is 11. The average molecular weight is 404 g/mol. The largest absolute Gasteiger partial charge is 0.416 e. The highest BCUT2D eigenvalue weighted by molar-refractivity contribution is 8.13. The van der Waals surface area contributed by atoms with Gasteiger partial charge in [-0.1, -0.05) is 51.3 Å². The molecule has 4 nitrogen and oxygen atoms in total. The molecule has 1 aromatic carbocycles. The van der Waals surface area contributed by atoms with Gasteiger partial charge in [-0.2, -0.15) is 13.2 Å². The Hall–Kier alpha value is -1.54. The smallest absolute Gasteiger partial charge is 0.287 e. The summed E-state index contributed by atoms with van der Waals surface area (Å²) in [5.74, 6) is 0.164. The number of halogens is 3. The lowest BCUT2D eigenvalue weighted by atomic mass is 10.1. The van der Waals surface area contributed by atoms with Crippen LogP contribution in [0.3, 0.4) is 0 Å². The summed E-state index contributed by atoms with van der Waals surface area (Å²) in [6.45, 7) is 4.01. The third-order valence-electron chi connectivity index (χ3n) is 3.99. The molecular weight excluding hydrogens is 377 g/mol. The van der Waals surface area contributed by atoms with Crippen LogP contribution in [0, 0.1) is 0 Å². The number of alkyl halides is 3. The van der Waals surface area contributed by atoms with Gasteiger partial charge in [-0.25, -0.2) is 5.43 Å². The summed E-state index contributed by atoms with van der Waals surface area (Å²) in [5.41, 5.74) is 4.70. The zero-order valence-electron chi connectivity index (χ0n) is 15.7. The van der Waals surface area contributed by atoms with Crippen LogP contribution in [0.1, 0.15) is 68.3 Å². The molecule has 0 unspecified atom stereocenters. The summed E-state index contributed by atoms with van der Waals surface area (Å²) in [7, 11) is 0. The van der Waals surface area contributed by atoms with Crippen molar-refractivity contribution >= 4 is 22.8 Å². The molecule has 2 N–H and O–H groups in total. The van der Waals surface area contributed by atoms with Crippen molar-refractivity contribution in [1.29, 1.82) is 0 Å². The second-order valence-electron chi connectivity index (χ2n) is 6.23. The highest BCUT2D eigenvalue weighted by Crippen LogP contribution is 2.29. The minimum Gasteiger partial charge on any atom is -0.287 e. The van der Waals surface area contributed by atoms with E-state index in [1.807, 2.05) is 6.92 Å². The van der Waals surface area contributed by atoms with E-state index >= 15 is 0 Å². The fourth-order valence-corrected chi connectivity index (χ4v) is 3.16. The summed E-state index contributed by atoms with van der Waals surface area (Å²) in [4.78, 5) is 24.0. The number of unbranched alkanes of at least 4 members (excludes halogenated alkanes) is 3. The van der Waals surface area contributed by atoms with Crippen molar-refractivity contribution in [2.24, 2.45) is 0 Å². The average Bonchev–Trinajstić information content (AvgIpc) is 2.62. The van der Waals surface area contributed by atoms with Crippen LogP contribution in [0.4, 0.5) is 13.2 Å². The van der Waals surface area contributed by atoms with Crippen LogP contribution in [0.25, 0.3) is 0 Å². The highest BCUT2D eigenvalue weighted by Gasteiger charge is 2.30. The number of hydrogen-bond donors (Lipinski definition) is 2. The number of nitrogens with one attached hydrogen (secondary N) is 2. The number of hydrazine groups is 1. The first-order valence-corrected chi connectivity index (χ1v) is 10.1. The Labute approximate surface area is 162 Å². The predicted octanol–water partition coefficient (Wildman–Crippen LogP) is 4.95. The van der Waals surface area contributed by atoms with E-state index in [1.54, 1.807) is 0 Å². The molecule has 0 spiro atoms. The summed E-state index contributed by atoms with van der Waals surface area (Å²) >= 11 is 1.24. The predicted molar refractivity (Wildman–Crippen MR) is 102 cm³/mol. The summed E-state index contributed by atoms with van der Waals surface area (Å²) in [5, 5.41) is 0.0503. The summed E-state index contributed by atoms with van der Waals surface area (Å²) in [6.07, 6.45) is 0.799. The molecule has 0 aliphatic rings. The Morgan fingerprint density at radius 2 is 1.74 bits per heavy atom. The normalized spacial score (nSPS) is 12.6. The van der Waals surface area contributed by atoms with E-state index in [4.69, 9.17) is 0 Å². The molecule has 0 radical (unpaired) electrons. The van der Waals surface area contributed by atoms with Crippen molar-refractivity contribution in [2.75, 3.05) is 5.75 Å². The zero-order valence-corrected chi connectivity index (χ0v) is 16.5. The minimum absolute atomic E-state index is 0.0503. The number of benzene rings is 1. The summed E-state index contributed by atoms with van der Waals surface area (Å²) in [6, 6.07) is 3.81. The van der Waals surface area contributed by atoms with E-state index in [0.29, 0.717) is 5.75 Å². The Balaban J connectivity index is 2.60. The van der Waals surface area contributed by atoms with E-state index in [-0.39, 0.29) is 23.1 Å². The van der Waals surface area contributed by atoms with E-state index in [1.165, 1.54) is 11.8 Å². The molecule has 1 amide bonds. The van der Waals surface area contributed by atoms with Crippen LogP contribution in [0.2, 0.25) is 0 Å². The fraction of sp³-hybridized carbons (Fsp3) is 0.579. The van der Waals surface area contributed by atoms with Crippen LogP contribution >= 0.6 is 11.8 Å². The SMILES string of the molecule is CCCCCC[C@H](CC(=O)SCC)NNC(=O)c1ccc(C(F)(F)F)cc1. The first-order valence-electron chi connectivity index (χ1n) is 9.16. The van der Waals surface area contributed by atoms with Crippen LogP contribution < -0.4 is 10.9 Å². The molecule has 0 saturated carbocycles. The van der Waals surface area contributed by atoms with Crippen molar-refractivity contribution in [2.45, 2.75) is 64.6 Å². The van der Waals surface area contributed by atoms with Gasteiger partial charge in [0.05, 0.1) is 5.56 Å². The Morgan fingerprint density at radius 1 is 1.07 bits per heavy atom. The molecule has 8 heteroatoms. The Bertz CT molecular complexity index is 592. The van der Waals surface area contributed by atoms with Gasteiger partial charge in [0.25, 0.3) is 5.91 Å². The quantitative estimate of drug-likeness (QED) is 0.405. The molecular formula is C19H27F3N2O2S. The van der Waals surface area contributed by atoms with Gasteiger partial charge in [0.1, 0.15) is 0 Å². The second-order valence-corrected chi connectivity index (χ2v) is 7.55. The topological polar surface area (TPSA) is 58.2 Å². The number of hydrogen-bond acceptors (Lipinski definition) is 4. The maximum atomic E-state index is 12.6. The number of amides is 1. The lowest BCUT2D eigenvalue weighted by Gasteiger charge is -2.18. The molecule has 0 bridgehead atoms. The third-order valence-corrected chi connectivity index (χ3v) is 4.77. The van der Waals surface area contributed by atoms with Gasteiger partial charge in [0.2, 0.25) is 0 Å². The first-order chi connectivity index (χ1) is 12.8. The highest BCUT2D eigenvalue weighted by atomic mass is 32.2. The van der Waals surface area contributed by atoms with Crippen molar-refractivity contribution in [3.8, 4) is 0 Å². The van der Waals surface area contributed by atoms with Crippen LogP contribution in [0.15, 0.2) is 24.3 Å². The first kappa shape index (κ1) is 23.5. The van der Waals surface area contributed by atoms with E-state index in [0.717, 1.165) is 56.4 Å². The van der Waals surface area contributed by atoms with Crippen molar-refractivity contribution < 1.29 is 22.8 Å². The van der Waals surface area contributed by atoms with Crippen LogP contribution in [-0.2, 0) is 11.0 Å². The molecule has 1 aromatic rings. The van der Waals surface area contributed by atoms with E-state index < -0.39 is 17.6 Å². The molecule has 152 valence electrons. The molecule has 0 fully saturated rings. The lowest BCUT2D eigenvalue weighted by Crippen LogP contribution is -2.45. The van der Waals surface area contributed by atoms with Crippen molar-refractivity contribution in [3.05, 3.63) is 35.4 Å². The van der Waals surface area contributed by atoms with Gasteiger partial charge in [-0.3, -0.25) is 15.0 Å². The lowest BCUT2D eigenvalue weighted by molar-refractivity contribution is -0.137. The standard InChI is InChI=1S/C19H27F3N2O2S/c1-3-5-6-7-8-16(13-17(25)27-4-2)23-24-18(26)14-9-11-15(12-10-14)19(20,21)22/h9-12,16,23H,3-8,13H2,1-2H3,(H,24,26)/t16-/m1/s1. The zero-order chi connectivity index (χ0) is 20.3. The molecule has 0 aromatic heterocycles. The van der Waals surface area contributed by atoms with E-state index in [9.17, 15) is 22.8 Å². The Morgan fingerprint density at radius 3 is 2.30 bits per heavy atom. The molecule has 0 aliphatic heterocycles. The van der Waals surface area contributed by atoms with Gasteiger partial charge in [0, 0.05) is 18.0 Å². The van der Waals surface area contributed by atoms with Crippen LogP contribution in [-0.4, -0.2) is 22.8 Å². The third kappa shape index (κ3) is 9.28. The molecule has 1 atom stereocenters. The number of carbonyl (C=O) groups excluding carboxylic acids is 2. The van der Waals surface area contributed by atoms with Crippen molar-refractivity contribution in [1.82, 2.24) is 10.9 Å². The maximum absolute atomic E-state index is 12.6. The van der Waals surface area contributed by atoms with Crippen molar-refractivity contribution in [3.63, 3.8) is 0 Å². The van der Waals surface area contributed by atoms with Gasteiger partial charge in [-0.15, -0.1) is 0 Å². The molecule has 1 rings (SSSR count). The monoisotopic (exact) mass is 404 g/mol. The number of thioether (sulfide) groups is 1. The molecule has 27 heavy (non-hydrogen) atoms. The number of carbonyl (C=O) groups is 2. The fourth-order valence-electron chi connectivity index (χ4n) is 2.51. The van der Waals surface area contributed by atoms with Gasteiger partial charge < -0.3 is 0 Å². The van der Waals surface area contributed by atoms with E-state index in [2.05, 4.69) is 17.8 Å². The molecule has 0 aliphatic carbocycles. The minimum atomic E-state index is -4.44. The maximum Gasteiger partial charge on any atom is 0.416 e. The van der Waals surface area contributed by atoms with Gasteiger partial charge >= 0.3 is 6.18 Å². The van der Waals surface area contributed by atoms with Gasteiger partial charge in [-0.05, 0) is 36.4 Å². The molecule has 0 heterocycles. The molecule has 0 saturated heterocycles. The Kier molecular flexibility index (Phi) is 10.5. The van der Waals surface area contributed by atoms with Gasteiger partial charge in [0.15, 0.2) is 5.12 Å². The summed E-state index contributed by atoms with van der Waals surface area (Å²) < 4.78 is 37.8. The second kappa shape index (κ2) is 12.0.